The Hall–Kier alpha value is -5.11. The third-order valence-electron chi connectivity index (χ3n) is 10.8. The molecule has 0 spiro atoms. The summed E-state index contributed by atoms with van der Waals surface area (Å²) in [5.74, 6) is -3.79. The first-order valence-electron chi connectivity index (χ1n) is 21.0. The Kier molecular flexibility index (Phi) is 19.3. The van der Waals surface area contributed by atoms with E-state index in [9.17, 15) is 33.6 Å². The van der Waals surface area contributed by atoms with Crippen LogP contribution in [0.25, 0.3) is 0 Å². The average Bonchev–Trinajstić information content (AvgIpc) is 3.25. The zero-order valence-corrected chi connectivity index (χ0v) is 33.8. The third kappa shape index (κ3) is 15.0. The number of aliphatic hydroxyl groups excluding tert-OH is 1. The van der Waals surface area contributed by atoms with Crippen molar-refractivity contribution in [2.45, 2.75) is 109 Å². The zero-order valence-electron chi connectivity index (χ0n) is 33.8. The molecule has 0 aromatic heterocycles. The van der Waals surface area contributed by atoms with Crippen molar-refractivity contribution in [3.05, 3.63) is 65.7 Å². The molecular weight excluding hydrogens is 743 g/mol. The van der Waals surface area contributed by atoms with Crippen LogP contribution in [0.2, 0.25) is 0 Å². The molecule has 1 saturated carbocycles. The summed E-state index contributed by atoms with van der Waals surface area (Å²) in [6.07, 6.45) is 9.88. The number of carbonyl (C=O) groups is 7. The topological polar surface area (TPSA) is 200 Å². The molecular formula is C44H61N5O9. The van der Waals surface area contributed by atoms with Gasteiger partial charge < -0.3 is 36.0 Å². The number of rotatable bonds is 23. The predicted molar refractivity (Wildman–Crippen MR) is 217 cm³/mol. The molecule has 2 fully saturated rings. The lowest BCUT2D eigenvalue weighted by Crippen LogP contribution is -2.56. The lowest BCUT2D eigenvalue weighted by molar-refractivity contribution is -0.142. The summed E-state index contributed by atoms with van der Waals surface area (Å²) in [6.45, 7) is 2.00. The fourth-order valence-electron chi connectivity index (χ4n) is 7.55. The molecule has 1 heterocycles. The Balaban J connectivity index is 1.27. The fraction of sp³-hybridized carbons (Fsp3) is 0.568. The first-order chi connectivity index (χ1) is 28.1. The maximum Gasteiger partial charge on any atom is 0.289 e. The van der Waals surface area contributed by atoms with E-state index in [4.69, 9.17) is 9.84 Å². The molecule has 0 radical (unpaired) electrons. The number of hydrogen-bond donors (Lipinski definition) is 5. The van der Waals surface area contributed by atoms with E-state index in [-0.39, 0.29) is 43.1 Å². The molecule has 1 aliphatic carbocycles. The second kappa shape index (κ2) is 24.6. The molecule has 5 amide bonds. The van der Waals surface area contributed by atoms with Crippen LogP contribution in [0.15, 0.2) is 54.6 Å². The van der Waals surface area contributed by atoms with Gasteiger partial charge in [0, 0.05) is 26.1 Å². The number of Topliss-reactive ketones (excluding diaryl/α,β-unsaturated/α-hetero) is 2. The number of nitrogens with zero attached hydrogens (tertiary/aromatic N) is 1. The van der Waals surface area contributed by atoms with Crippen molar-refractivity contribution < 1.29 is 43.4 Å². The van der Waals surface area contributed by atoms with E-state index < -0.39 is 54.6 Å². The fourth-order valence-corrected chi connectivity index (χ4v) is 7.55. The third-order valence-corrected chi connectivity index (χ3v) is 10.8. The molecule has 2 aromatic rings. The summed E-state index contributed by atoms with van der Waals surface area (Å²) in [4.78, 5) is 93.3. The van der Waals surface area contributed by atoms with Crippen molar-refractivity contribution in [1.82, 2.24) is 26.2 Å². The van der Waals surface area contributed by atoms with Gasteiger partial charge in [-0.25, -0.2) is 0 Å². The van der Waals surface area contributed by atoms with Crippen LogP contribution >= 0.6 is 0 Å². The maximum absolute atomic E-state index is 14.1. The van der Waals surface area contributed by atoms with E-state index in [1.807, 2.05) is 25.1 Å². The number of aliphatic hydroxyl groups is 1. The van der Waals surface area contributed by atoms with Crippen LogP contribution < -0.4 is 26.0 Å². The average molecular weight is 804 g/mol. The van der Waals surface area contributed by atoms with Crippen LogP contribution in [0.3, 0.4) is 0 Å². The summed E-state index contributed by atoms with van der Waals surface area (Å²) in [5.41, 5.74) is 1.37. The number of benzene rings is 2. The lowest BCUT2D eigenvalue weighted by atomic mass is 9.82. The van der Waals surface area contributed by atoms with Gasteiger partial charge in [-0.1, -0.05) is 81.5 Å². The number of nitrogens with one attached hydrogen (secondary N) is 4. The van der Waals surface area contributed by atoms with E-state index >= 15 is 0 Å². The van der Waals surface area contributed by atoms with Crippen molar-refractivity contribution in [3.8, 4) is 5.75 Å². The van der Waals surface area contributed by atoms with Crippen LogP contribution in [-0.2, 0) is 40.0 Å². The number of piperidine rings is 1. The minimum absolute atomic E-state index is 0.0330. The van der Waals surface area contributed by atoms with Gasteiger partial charge in [-0.2, -0.15) is 0 Å². The Morgan fingerprint density at radius 1 is 0.810 bits per heavy atom. The first kappa shape index (κ1) is 45.6. The van der Waals surface area contributed by atoms with Gasteiger partial charge in [-0.05, 0) is 74.1 Å². The molecule has 3 unspecified atom stereocenters. The molecule has 2 aromatic carbocycles. The molecule has 0 bridgehead atoms. The monoisotopic (exact) mass is 803 g/mol. The Morgan fingerprint density at radius 3 is 2.33 bits per heavy atom. The first-order valence-corrected chi connectivity index (χ1v) is 21.0. The second-order valence-corrected chi connectivity index (χ2v) is 15.3. The predicted octanol–water partition coefficient (Wildman–Crippen LogP) is 3.49. The molecule has 14 nitrogen and oxygen atoms in total. The largest absolute Gasteiger partial charge is 0.494 e. The standard InChI is InChI=1S/C44H61N5O9/c1-2-3-6-22-36(51)40(32-16-7-4-8-17-32)48-39(54)29-46-43(56)37(52)28-45-42(55)34-20-14-23-49(30-34)44(57)41(33-18-9-5-10-19-33)47-38(53)27-31-15-13-21-35(26-31)58-25-12-11-24-50/h4,7-8,13,15-17,21,26,33-34,40-41,50H,2-3,5-6,9-12,14,18-20,22-25,27-30H2,1H3,(H,45,55)(H,46,56)(H,47,53)(H,48,54). The van der Waals surface area contributed by atoms with Crippen molar-refractivity contribution >= 4 is 41.1 Å². The number of unbranched alkanes of at least 4 members (excludes halogenated alkanes) is 3. The minimum Gasteiger partial charge on any atom is -0.494 e. The highest BCUT2D eigenvalue weighted by Crippen LogP contribution is 2.29. The summed E-state index contributed by atoms with van der Waals surface area (Å²) >= 11 is 0. The maximum atomic E-state index is 14.1. The molecule has 4 rings (SSSR count). The number of hydrogen-bond acceptors (Lipinski definition) is 9. The van der Waals surface area contributed by atoms with E-state index in [0.29, 0.717) is 63.0 Å². The number of amides is 5. The number of carbonyl (C=O) groups excluding carboxylic acids is 7. The Labute approximate surface area is 341 Å². The van der Waals surface area contributed by atoms with Crippen LogP contribution in [0.4, 0.5) is 0 Å². The van der Waals surface area contributed by atoms with Gasteiger partial charge in [0.25, 0.3) is 5.91 Å². The van der Waals surface area contributed by atoms with E-state index in [1.54, 1.807) is 41.3 Å². The van der Waals surface area contributed by atoms with Crippen LogP contribution in [0.1, 0.15) is 108 Å². The van der Waals surface area contributed by atoms with Crippen LogP contribution in [-0.4, -0.2) is 96.5 Å². The highest BCUT2D eigenvalue weighted by atomic mass is 16.5. The molecule has 5 N–H and O–H groups in total. The summed E-state index contributed by atoms with van der Waals surface area (Å²) < 4.78 is 5.76. The van der Waals surface area contributed by atoms with Gasteiger partial charge >= 0.3 is 0 Å². The van der Waals surface area contributed by atoms with E-state index in [2.05, 4.69) is 21.3 Å². The lowest BCUT2D eigenvalue weighted by Gasteiger charge is -2.37. The van der Waals surface area contributed by atoms with Crippen LogP contribution in [0.5, 0.6) is 5.75 Å². The zero-order chi connectivity index (χ0) is 41.7. The highest BCUT2D eigenvalue weighted by molar-refractivity contribution is 6.37. The normalized spacial score (nSPS) is 16.7. The van der Waals surface area contributed by atoms with Gasteiger partial charge in [-0.15, -0.1) is 0 Å². The van der Waals surface area contributed by atoms with Gasteiger partial charge in [0.2, 0.25) is 29.4 Å². The van der Waals surface area contributed by atoms with Crippen LogP contribution in [0, 0.1) is 11.8 Å². The van der Waals surface area contributed by atoms with Gasteiger partial charge in [0.15, 0.2) is 5.78 Å². The molecule has 316 valence electrons. The Bertz CT molecular complexity index is 1680. The van der Waals surface area contributed by atoms with Crippen molar-refractivity contribution in [1.29, 1.82) is 0 Å². The summed E-state index contributed by atoms with van der Waals surface area (Å²) in [5, 5.41) is 19.5. The van der Waals surface area contributed by atoms with Crippen molar-refractivity contribution in [3.63, 3.8) is 0 Å². The number of ketones is 2. The Morgan fingerprint density at radius 2 is 1.59 bits per heavy atom. The van der Waals surface area contributed by atoms with Gasteiger partial charge in [-0.3, -0.25) is 33.6 Å². The van der Waals surface area contributed by atoms with E-state index in [1.165, 1.54) is 0 Å². The van der Waals surface area contributed by atoms with Gasteiger partial charge in [0.05, 0.1) is 32.0 Å². The molecule has 1 saturated heterocycles. The summed E-state index contributed by atoms with van der Waals surface area (Å²) in [6, 6.07) is 14.5. The smallest absolute Gasteiger partial charge is 0.289 e. The molecule has 58 heavy (non-hydrogen) atoms. The minimum atomic E-state index is -1.05. The van der Waals surface area contributed by atoms with Crippen molar-refractivity contribution in [2.75, 3.05) is 39.4 Å². The number of ether oxygens (including phenoxy) is 1. The second-order valence-electron chi connectivity index (χ2n) is 15.3. The summed E-state index contributed by atoms with van der Waals surface area (Å²) in [7, 11) is 0. The molecule has 2 aliphatic rings. The number of likely N-dealkylation sites (tertiary alicyclic amines) is 1. The molecule has 3 atom stereocenters. The quantitative estimate of drug-likeness (QED) is 0.0825. The highest BCUT2D eigenvalue weighted by Gasteiger charge is 2.37. The molecule has 14 heteroatoms. The van der Waals surface area contributed by atoms with Gasteiger partial charge in [0.1, 0.15) is 17.8 Å². The molecule has 1 aliphatic heterocycles. The van der Waals surface area contributed by atoms with E-state index in [0.717, 1.165) is 50.5 Å². The SMILES string of the molecule is CCCCCC(=O)C(NC(=O)CNC(=O)C(=O)CNC(=O)C1CCCN(C(=O)C(NC(=O)Cc2cccc(OCCCCO)c2)C2CCCCC2)C1)c1ccccc1. The van der Waals surface area contributed by atoms with Crippen molar-refractivity contribution in [2.24, 2.45) is 11.8 Å².